The maximum atomic E-state index is 11.2. The molecule has 1 saturated heterocycles. The molecule has 7 nitrogen and oxygen atoms in total. The number of nitrogens with one attached hydrogen (secondary N) is 2. The van der Waals surface area contributed by atoms with E-state index in [1.807, 2.05) is 0 Å². The fourth-order valence-corrected chi connectivity index (χ4v) is 2.75. The number of hydrogen-bond acceptors (Lipinski definition) is 6. The van der Waals surface area contributed by atoms with Gasteiger partial charge in [0.15, 0.2) is 11.5 Å². The van der Waals surface area contributed by atoms with E-state index in [-0.39, 0.29) is 5.69 Å². The maximum absolute atomic E-state index is 11.2. The molecule has 0 spiro atoms. The third-order valence-corrected chi connectivity index (χ3v) is 3.83. The van der Waals surface area contributed by atoms with Crippen LogP contribution in [0, 0.1) is 10.1 Å². The average molecular weight is 293 g/mol. The van der Waals surface area contributed by atoms with Gasteiger partial charge in [-0.2, -0.15) is 0 Å². The van der Waals surface area contributed by atoms with Gasteiger partial charge >= 0.3 is 0 Å². The van der Waals surface area contributed by atoms with Crippen molar-refractivity contribution >= 4 is 11.4 Å². The largest absolute Gasteiger partial charge is 0.486 e. The minimum absolute atomic E-state index is 0.0265. The molecule has 2 aliphatic heterocycles. The zero-order chi connectivity index (χ0) is 14.7. The molecule has 1 aromatic carbocycles. The Hall–Kier alpha value is -2.02. The summed E-state index contributed by atoms with van der Waals surface area (Å²) in [4.78, 5) is 10.8. The smallest absolute Gasteiger partial charge is 0.296 e. The highest BCUT2D eigenvalue weighted by molar-refractivity contribution is 5.68. The van der Waals surface area contributed by atoms with Crippen LogP contribution in [0.15, 0.2) is 12.1 Å². The van der Waals surface area contributed by atoms with Crippen LogP contribution in [-0.4, -0.2) is 37.3 Å². The first-order chi connectivity index (χ1) is 10.2. The first kappa shape index (κ1) is 13.9. The quantitative estimate of drug-likeness (QED) is 0.637. The van der Waals surface area contributed by atoms with Crippen molar-refractivity contribution in [1.29, 1.82) is 0 Å². The minimum atomic E-state index is -0.394. The maximum Gasteiger partial charge on any atom is 0.296 e. The summed E-state index contributed by atoms with van der Waals surface area (Å²) < 4.78 is 10.9. The van der Waals surface area contributed by atoms with Crippen molar-refractivity contribution in [1.82, 2.24) is 5.32 Å². The number of anilines is 1. The van der Waals surface area contributed by atoms with E-state index >= 15 is 0 Å². The summed E-state index contributed by atoms with van der Waals surface area (Å²) in [7, 11) is 0. The number of rotatable bonds is 5. The molecule has 3 rings (SSSR count). The van der Waals surface area contributed by atoms with Gasteiger partial charge in [0.2, 0.25) is 0 Å². The molecule has 0 unspecified atom stereocenters. The number of benzene rings is 1. The monoisotopic (exact) mass is 293 g/mol. The molecule has 0 aromatic heterocycles. The number of hydrogen-bond donors (Lipinski definition) is 2. The number of fused-ring (bicyclic) bond motifs is 1. The Labute approximate surface area is 122 Å². The van der Waals surface area contributed by atoms with Crippen molar-refractivity contribution in [2.45, 2.75) is 25.3 Å². The van der Waals surface area contributed by atoms with Gasteiger partial charge in [-0.3, -0.25) is 10.1 Å². The van der Waals surface area contributed by atoms with Gasteiger partial charge in [-0.05, 0) is 25.8 Å². The van der Waals surface area contributed by atoms with E-state index in [4.69, 9.17) is 9.47 Å². The second kappa shape index (κ2) is 6.17. The van der Waals surface area contributed by atoms with Gasteiger partial charge in [0.1, 0.15) is 18.9 Å². The molecule has 0 amide bonds. The van der Waals surface area contributed by atoms with Gasteiger partial charge in [0.25, 0.3) is 5.69 Å². The molecule has 0 bridgehead atoms. The van der Waals surface area contributed by atoms with E-state index in [1.165, 1.54) is 18.9 Å². The Morgan fingerprint density at radius 2 is 2.10 bits per heavy atom. The van der Waals surface area contributed by atoms with Gasteiger partial charge in [-0.25, -0.2) is 0 Å². The Balaban J connectivity index is 1.71. The fourth-order valence-electron chi connectivity index (χ4n) is 2.75. The molecule has 0 radical (unpaired) electrons. The Morgan fingerprint density at radius 3 is 2.76 bits per heavy atom. The molecule has 2 N–H and O–H groups in total. The Bertz CT molecular complexity index is 529. The minimum Gasteiger partial charge on any atom is -0.486 e. The molecule has 1 atom stereocenters. The lowest BCUT2D eigenvalue weighted by Crippen LogP contribution is -2.24. The first-order valence-electron chi connectivity index (χ1n) is 7.29. The van der Waals surface area contributed by atoms with E-state index in [0.29, 0.717) is 43.0 Å². The third-order valence-electron chi connectivity index (χ3n) is 3.83. The molecule has 2 aliphatic rings. The van der Waals surface area contributed by atoms with Gasteiger partial charge in [-0.1, -0.05) is 0 Å². The lowest BCUT2D eigenvalue weighted by molar-refractivity contribution is -0.384. The SMILES string of the molecule is O=[N+]([O-])c1cc2c(cc1NCC[C@@H]1CCCN1)OCCO2. The second-order valence-electron chi connectivity index (χ2n) is 5.28. The van der Waals surface area contributed by atoms with Crippen LogP contribution < -0.4 is 20.1 Å². The number of nitro benzene ring substituents is 1. The average Bonchev–Trinajstić information content (AvgIpc) is 2.99. The predicted octanol–water partition coefficient (Wildman–Crippen LogP) is 1.92. The number of nitrogens with zero attached hydrogens (tertiary/aromatic N) is 1. The molecule has 114 valence electrons. The van der Waals surface area contributed by atoms with Gasteiger partial charge in [-0.15, -0.1) is 0 Å². The van der Waals surface area contributed by atoms with Crippen molar-refractivity contribution in [2.24, 2.45) is 0 Å². The van der Waals surface area contributed by atoms with Crippen molar-refractivity contribution in [3.63, 3.8) is 0 Å². The van der Waals surface area contributed by atoms with Crippen LogP contribution in [0.2, 0.25) is 0 Å². The highest BCUT2D eigenvalue weighted by Crippen LogP contribution is 2.39. The standard InChI is InChI=1S/C14H19N3O4/c18-17(19)12-9-14-13(20-6-7-21-14)8-11(12)16-5-3-10-2-1-4-15-10/h8-10,15-16H,1-7H2/t10-/m0/s1. The summed E-state index contributed by atoms with van der Waals surface area (Å²) in [5, 5.41) is 17.7. The summed E-state index contributed by atoms with van der Waals surface area (Å²) in [6, 6.07) is 3.60. The summed E-state index contributed by atoms with van der Waals surface area (Å²) in [5.74, 6) is 1.00. The summed E-state index contributed by atoms with van der Waals surface area (Å²) in [6.45, 7) is 2.65. The van der Waals surface area contributed by atoms with Crippen LogP contribution in [0.25, 0.3) is 0 Å². The summed E-state index contributed by atoms with van der Waals surface area (Å²) in [6.07, 6.45) is 3.32. The van der Waals surface area contributed by atoms with Crippen molar-refractivity contribution in [3.8, 4) is 11.5 Å². The molecule has 1 aromatic rings. The van der Waals surface area contributed by atoms with Crippen LogP contribution in [0.1, 0.15) is 19.3 Å². The summed E-state index contributed by atoms with van der Waals surface area (Å²) >= 11 is 0. The predicted molar refractivity (Wildman–Crippen MR) is 78.2 cm³/mol. The Kier molecular flexibility index (Phi) is 4.10. The highest BCUT2D eigenvalue weighted by atomic mass is 16.6. The molecule has 0 saturated carbocycles. The number of ether oxygens (including phenoxy) is 2. The van der Waals surface area contributed by atoms with Crippen LogP contribution in [-0.2, 0) is 0 Å². The zero-order valence-corrected chi connectivity index (χ0v) is 11.8. The molecule has 1 fully saturated rings. The third kappa shape index (κ3) is 3.18. The molecular formula is C14H19N3O4. The topological polar surface area (TPSA) is 85.7 Å². The Morgan fingerprint density at radius 1 is 1.33 bits per heavy atom. The first-order valence-corrected chi connectivity index (χ1v) is 7.29. The van der Waals surface area contributed by atoms with Crippen molar-refractivity contribution in [2.75, 3.05) is 31.6 Å². The number of nitro groups is 1. The van der Waals surface area contributed by atoms with E-state index in [0.717, 1.165) is 13.0 Å². The molecular weight excluding hydrogens is 274 g/mol. The van der Waals surface area contributed by atoms with E-state index in [1.54, 1.807) is 6.07 Å². The lowest BCUT2D eigenvalue weighted by Gasteiger charge is -2.19. The normalized spacial score (nSPS) is 20.3. The van der Waals surface area contributed by atoms with Gasteiger partial charge in [0, 0.05) is 18.7 Å². The molecule has 7 heteroatoms. The van der Waals surface area contributed by atoms with Crippen LogP contribution in [0.5, 0.6) is 11.5 Å². The van der Waals surface area contributed by atoms with Crippen LogP contribution in [0.4, 0.5) is 11.4 Å². The van der Waals surface area contributed by atoms with Crippen LogP contribution >= 0.6 is 0 Å². The highest BCUT2D eigenvalue weighted by Gasteiger charge is 2.22. The van der Waals surface area contributed by atoms with E-state index < -0.39 is 4.92 Å². The fraction of sp³-hybridized carbons (Fsp3) is 0.571. The van der Waals surface area contributed by atoms with Crippen LogP contribution in [0.3, 0.4) is 0 Å². The molecule has 21 heavy (non-hydrogen) atoms. The van der Waals surface area contributed by atoms with E-state index in [2.05, 4.69) is 10.6 Å². The molecule has 2 heterocycles. The van der Waals surface area contributed by atoms with Crippen molar-refractivity contribution in [3.05, 3.63) is 22.2 Å². The summed E-state index contributed by atoms with van der Waals surface area (Å²) in [5.41, 5.74) is 0.515. The van der Waals surface area contributed by atoms with E-state index in [9.17, 15) is 10.1 Å². The zero-order valence-electron chi connectivity index (χ0n) is 11.8. The second-order valence-corrected chi connectivity index (χ2v) is 5.28. The van der Waals surface area contributed by atoms with Gasteiger partial charge in [0.05, 0.1) is 11.0 Å². The molecule has 0 aliphatic carbocycles. The van der Waals surface area contributed by atoms with Gasteiger partial charge < -0.3 is 20.1 Å². The lowest BCUT2D eigenvalue weighted by atomic mass is 10.1. The van der Waals surface area contributed by atoms with Crippen molar-refractivity contribution < 1.29 is 14.4 Å².